The second-order valence-corrected chi connectivity index (χ2v) is 32.9. The van der Waals surface area contributed by atoms with Gasteiger partial charge >= 0.3 is 0 Å². The molecule has 0 N–H and O–H groups in total. The number of rotatable bonds is 10. The lowest BCUT2D eigenvalue weighted by Gasteiger charge is -2.11. The van der Waals surface area contributed by atoms with Crippen molar-refractivity contribution in [2.75, 3.05) is 0 Å². The van der Waals surface area contributed by atoms with Crippen molar-refractivity contribution < 1.29 is 8.83 Å². The zero-order chi connectivity index (χ0) is 83.8. The molecule has 11 nitrogen and oxygen atoms in total. The van der Waals surface area contributed by atoms with E-state index in [9.17, 15) is 0 Å². The fraction of sp³-hybridized carbons (Fsp3) is 0. The molecule has 0 fully saturated rings. The van der Waals surface area contributed by atoms with Crippen molar-refractivity contribution in [1.82, 2.24) is 44.9 Å². The van der Waals surface area contributed by atoms with E-state index in [2.05, 4.69) is 328 Å². The van der Waals surface area contributed by atoms with Gasteiger partial charge in [0.2, 0.25) is 0 Å². The van der Waals surface area contributed by atoms with Gasteiger partial charge in [0.15, 0.2) is 52.4 Å². The van der Waals surface area contributed by atoms with Gasteiger partial charge in [-0.15, -0.1) is 11.3 Å². The summed E-state index contributed by atoms with van der Waals surface area (Å²) >= 11 is 1.79. The van der Waals surface area contributed by atoms with Gasteiger partial charge in [0.25, 0.3) is 0 Å². The molecule has 0 saturated carbocycles. The second-order valence-electron chi connectivity index (χ2n) is 31.9. The van der Waals surface area contributed by atoms with Gasteiger partial charge in [0, 0.05) is 91.8 Å². The molecule has 0 bridgehead atoms. The van der Waals surface area contributed by atoms with Crippen LogP contribution in [0.1, 0.15) is 0 Å². The number of fused-ring (bicyclic) bond motifs is 19. The molecule has 26 rings (SSSR count). The summed E-state index contributed by atoms with van der Waals surface area (Å²) in [5.41, 5.74) is 14.3. The molecular formula is C115H69N9O2S. The molecule has 0 saturated heterocycles. The van der Waals surface area contributed by atoms with E-state index in [0.29, 0.717) is 52.4 Å². The van der Waals surface area contributed by atoms with Gasteiger partial charge < -0.3 is 8.83 Å². The molecule has 0 atom stereocenters. The van der Waals surface area contributed by atoms with Crippen LogP contribution in [0, 0.1) is 0 Å². The van der Waals surface area contributed by atoms with Crippen molar-refractivity contribution >= 4 is 151 Å². The van der Waals surface area contributed by atoms with E-state index >= 15 is 0 Å². The molecule has 6 heterocycles. The number of nitrogens with zero attached hydrogens (tertiary/aromatic N) is 9. The van der Waals surface area contributed by atoms with E-state index in [4.69, 9.17) is 53.7 Å². The summed E-state index contributed by atoms with van der Waals surface area (Å²) < 4.78 is 14.7. The van der Waals surface area contributed by atoms with Crippen LogP contribution in [0.15, 0.2) is 427 Å². The Hall–Kier alpha value is -16.9. The average molecular weight is 1640 g/mol. The highest BCUT2D eigenvalue weighted by molar-refractivity contribution is 7.26. The number of para-hydroxylation sites is 2. The van der Waals surface area contributed by atoms with E-state index in [0.717, 1.165) is 121 Å². The fourth-order valence-corrected chi connectivity index (χ4v) is 19.0. The maximum Gasteiger partial charge on any atom is 0.165 e. The minimum Gasteiger partial charge on any atom is -0.456 e. The van der Waals surface area contributed by atoms with Crippen LogP contribution in [-0.4, -0.2) is 44.9 Å². The summed E-state index contributed by atoms with van der Waals surface area (Å²) in [4.78, 5) is 45.2. The number of furan rings is 2. The topological polar surface area (TPSA) is 142 Å². The van der Waals surface area contributed by atoms with E-state index in [-0.39, 0.29) is 0 Å². The van der Waals surface area contributed by atoms with Gasteiger partial charge in [-0.25, -0.2) is 44.9 Å². The van der Waals surface area contributed by atoms with Crippen LogP contribution in [0.25, 0.3) is 253 Å². The minimum absolute atomic E-state index is 0.611. The molecule has 20 aromatic carbocycles. The van der Waals surface area contributed by atoms with Crippen molar-refractivity contribution in [2.45, 2.75) is 0 Å². The zero-order valence-corrected chi connectivity index (χ0v) is 68.9. The monoisotopic (exact) mass is 1640 g/mol. The van der Waals surface area contributed by atoms with Crippen molar-refractivity contribution in [2.24, 2.45) is 0 Å². The predicted molar refractivity (Wildman–Crippen MR) is 524 cm³/mol. The summed E-state index contributed by atoms with van der Waals surface area (Å²) in [6.45, 7) is 0. The number of benzene rings is 20. The van der Waals surface area contributed by atoms with Crippen molar-refractivity contribution in [3.8, 4) is 114 Å². The maximum absolute atomic E-state index is 6.16. The van der Waals surface area contributed by atoms with Crippen LogP contribution in [0.5, 0.6) is 0 Å². The first-order valence-electron chi connectivity index (χ1n) is 42.3. The summed E-state index contributed by atoms with van der Waals surface area (Å²) in [6.07, 6.45) is 0. The molecule has 0 aliphatic rings. The molecule has 26 aromatic rings. The van der Waals surface area contributed by atoms with Crippen LogP contribution in [0.3, 0.4) is 0 Å². The molecule has 127 heavy (non-hydrogen) atoms. The van der Waals surface area contributed by atoms with Crippen LogP contribution >= 0.6 is 11.3 Å². The smallest absolute Gasteiger partial charge is 0.165 e. The Bertz CT molecular complexity index is 8880. The first kappa shape index (κ1) is 73.9. The Morgan fingerprint density at radius 3 is 0.976 bits per heavy atom. The number of hydrogen-bond acceptors (Lipinski definition) is 12. The third-order valence-corrected chi connectivity index (χ3v) is 25.3. The summed E-state index contributed by atoms with van der Waals surface area (Å²) in [6, 6.07) is 145. The second kappa shape index (κ2) is 31.2. The SMILES string of the molecule is c1ccc(-c2ccc(-c3nc(-c4ccc5c(ccc6ccccc65)c4)nc(-c4cccc5c4sc4ccccc45)n3)cc2)cc1.c1ccc(-c2nc(-c3ccc4c(ccc5ccccc54)c3)nc(-c3ccc4c(c3)oc3ccccc34)n2)cc1.c1ccc2cc(-c3nc(-c4ccc5c(ccc6ccccc65)c4)nc(-c4ccc5oc6ccccc6c5c4)n3)ccc2c1. The Labute approximate surface area is 731 Å². The molecule has 6 aromatic heterocycles. The first-order valence-corrected chi connectivity index (χ1v) is 43.2. The number of hydrogen-bond donors (Lipinski definition) is 0. The van der Waals surface area contributed by atoms with Gasteiger partial charge in [0.05, 0.1) is 0 Å². The van der Waals surface area contributed by atoms with Gasteiger partial charge in [-0.05, 0) is 165 Å². The van der Waals surface area contributed by atoms with Crippen molar-refractivity contribution in [1.29, 1.82) is 0 Å². The normalized spacial score (nSPS) is 11.6. The van der Waals surface area contributed by atoms with Gasteiger partial charge in [-0.3, -0.25) is 0 Å². The van der Waals surface area contributed by atoms with Gasteiger partial charge in [-0.1, -0.05) is 340 Å². The molecule has 0 unspecified atom stereocenters. The summed E-state index contributed by atoms with van der Waals surface area (Å²) in [7, 11) is 0. The lowest BCUT2D eigenvalue weighted by Crippen LogP contribution is -2.00. The van der Waals surface area contributed by atoms with Crippen LogP contribution in [-0.2, 0) is 0 Å². The highest BCUT2D eigenvalue weighted by atomic mass is 32.1. The van der Waals surface area contributed by atoms with Crippen molar-refractivity contribution in [3.63, 3.8) is 0 Å². The number of aromatic nitrogens is 9. The Balaban J connectivity index is 0.000000107. The predicted octanol–water partition coefficient (Wildman–Crippen LogP) is 30.5. The average Bonchev–Trinajstić information content (AvgIpc) is 1.63. The lowest BCUT2D eigenvalue weighted by atomic mass is 10.00. The zero-order valence-electron chi connectivity index (χ0n) is 68.1. The van der Waals surface area contributed by atoms with E-state index in [1.54, 1.807) is 11.3 Å². The standard InChI is InChI=1S/C41H25N3S.C39H23N3O.C35H21N3O/c1-2-9-26(10-3-1)27-17-20-29(21-18-27)39-42-40(31-23-24-33-30(25-31)22-19-28-11-4-5-12-32(28)33)44-41(43-39)36-15-8-14-35-34-13-6-7-16-37(34)45-38(35)36;1-2-9-26-21-28(16-13-24(26)7-1)37-40-38(29-17-19-32-27(22-29)15-14-25-8-3-4-10-31(25)32)42-39(41-37)30-18-20-36-34(23-30)33-11-5-6-12-35(33)43-36;1-2-9-23(10-3-1)33-36-34(25-16-18-28-24(20-25)15-14-22-8-4-5-11-27(22)28)38-35(37-33)26-17-19-30-29-12-6-7-13-31(29)39-32(30)21-26/h1-25H;1-23H;1-21H. The third-order valence-electron chi connectivity index (χ3n) is 24.1. The largest absolute Gasteiger partial charge is 0.456 e. The van der Waals surface area contributed by atoms with E-state index in [1.807, 2.05) is 91.0 Å². The maximum atomic E-state index is 6.16. The van der Waals surface area contributed by atoms with E-state index in [1.165, 1.54) is 79.6 Å². The van der Waals surface area contributed by atoms with E-state index < -0.39 is 0 Å². The summed E-state index contributed by atoms with van der Waals surface area (Å²) in [5.74, 6) is 5.79. The molecular weight excluding hydrogens is 1570 g/mol. The Morgan fingerprint density at radius 1 is 0.150 bits per heavy atom. The van der Waals surface area contributed by atoms with Crippen LogP contribution < -0.4 is 0 Å². The molecule has 0 radical (unpaired) electrons. The van der Waals surface area contributed by atoms with Crippen LogP contribution in [0.2, 0.25) is 0 Å². The number of thiophene rings is 1. The quantitative estimate of drug-likeness (QED) is 0.121. The minimum atomic E-state index is 0.611. The summed E-state index contributed by atoms with van der Waals surface area (Å²) in [5, 5.41) is 23.6. The molecule has 0 amide bonds. The molecule has 0 aliphatic heterocycles. The highest BCUT2D eigenvalue weighted by Gasteiger charge is 2.22. The Kier molecular flexibility index (Phi) is 18.2. The van der Waals surface area contributed by atoms with Crippen molar-refractivity contribution in [3.05, 3.63) is 419 Å². The van der Waals surface area contributed by atoms with Gasteiger partial charge in [0.1, 0.15) is 22.3 Å². The fourth-order valence-electron chi connectivity index (χ4n) is 17.7. The molecule has 0 spiro atoms. The highest BCUT2D eigenvalue weighted by Crippen LogP contribution is 2.43. The Morgan fingerprint density at radius 2 is 0.449 bits per heavy atom. The lowest BCUT2D eigenvalue weighted by molar-refractivity contribution is 0.668. The van der Waals surface area contributed by atoms with Crippen LogP contribution in [0.4, 0.5) is 0 Å². The molecule has 592 valence electrons. The third kappa shape index (κ3) is 13.8. The first-order chi connectivity index (χ1) is 62.8. The molecule has 12 heteroatoms. The molecule has 0 aliphatic carbocycles. The van der Waals surface area contributed by atoms with Gasteiger partial charge in [-0.2, -0.15) is 0 Å².